The van der Waals surface area contributed by atoms with Crippen LogP contribution in [0.5, 0.6) is 11.5 Å². The highest BCUT2D eigenvalue weighted by atomic mass is 16.5. The summed E-state index contributed by atoms with van der Waals surface area (Å²) in [5.74, 6) is 0.905. The van der Waals surface area contributed by atoms with Gasteiger partial charge < -0.3 is 24.4 Å². The van der Waals surface area contributed by atoms with Gasteiger partial charge >= 0.3 is 6.09 Å². The molecule has 0 unspecified atom stereocenters. The Kier molecular flexibility index (Phi) is 7.32. The van der Waals surface area contributed by atoms with Gasteiger partial charge in [-0.1, -0.05) is 0 Å². The van der Waals surface area contributed by atoms with E-state index in [1.54, 1.807) is 17.0 Å². The van der Waals surface area contributed by atoms with Crippen molar-refractivity contribution in [2.45, 2.75) is 38.3 Å². The van der Waals surface area contributed by atoms with E-state index in [2.05, 4.69) is 10.3 Å². The van der Waals surface area contributed by atoms with E-state index in [1.807, 2.05) is 0 Å². The average molecular weight is 432 g/mol. The van der Waals surface area contributed by atoms with Gasteiger partial charge in [-0.3, -0.25) is 14.2 Å². The molecule has 1 saturated heterocycles. The highest BCUT2D eigenvalue weighted by Crippen LogP contribution is 2.29. The predicted octanol–water partition coefficient (Wildman–Crippen LogP) is 1.54. The lowest BCUT2D eigenvalue weighted by Gasteiger charge is -2.31. The van der Waals surface area contributed by atoms with Crippen LogP contribution in [-0.2, 0) is 16.1 Å². The van der Waals surface area contributed by atoms with E-state index in [0.717, 1.165) is 0 Å². The fraction of sp³-hybridized carbons (Fsp3) is 0.524. The van der Waals surface area contributed by atoms with Gasteiger partial charge in [-0.15, -0.1) is 0 Å². The monoisotopic (exact) mass is 432 g/mol. The number of carbonyl (C=O) groups excluding carboxylic acids is 2. The first-order chi connectivity index (χ1) is 15.0. The van der Waals surface area contributed by atoms with Crippen LogP contribution >= 0.6 is 0 Å². The molecule has 1 aromatic heterocycles. The number of amides is 2. The second-order valence-corrected chi connectivity index (χ2v) is 7.37. The lowest BCUT2D eigenvalue weighted by molar-refractivity contribution is -0.122. The number of hydrogen-bond donors (Lipinski definition) is 1. The molecule has 2 aromatic rings. The van der Waals surface area contributed by atoms with Gasteiger partial charge in [0, 0.05) is 38.2 Å². The van der Waals surface area contributed by atoms with Crippen LogP contribution in [0.25, 0.3) is 10.9 Å². The van der Waals surface area contributed by atoms with Crippen molar-refractivity contribution in [3.63, 3.8) is 0 Å². The minimum absolute atomic E-state index is 0.0425. The van der Waals surface area contributed by atoms with E-state index in [9.17, 15) is 14.4 Å². The molecule has 0 bridgehead atoms. The van der Waals surface area contributed by atoms with Crippen molar-refractivity contribution in [2.24, 2.45) is 0 Å². The average Bonchev–Trinajstić information content (AvgIpc) is 2.79. The summed E-state index contributed by atoms with van der Waals surface area (Å²) < 4.78 is 16.7. The maximum atomic E-state index is 12.8. The molecule has 0 atom stereocenters. The molecule has 3 rings (SSSR count). The SMILES string of the molecule is COC(=O)N1CCC(NC(=O)CCCn2cnc3cc(OC)c(OC)cc3c2=O)CC1. The molecule has 2 amide bonds. The molecule has 0 radical (unpaired) electrons. The van der Waals surface area contributed by atoms with Gasteiger partial charge in [0.15, 0.2) is 11.5 Å². The first-order valence-corrected chi connectivity index (χ1v) is 10.2. The number of hydrogen-bond acceptors (Lipinski definition) is 7. The standard InChI is InChI=1S/C21H28N4O6/c1-29-17-11-15-16(12-18(17)30-2)22-13-25(20(15)27)8-4-5-19(26)23-14-6-9-24(10-7-14)21(28)31-3/h11-14H,4-10H2,1-3H3,(H,23,26). The Hall–Kier alpha value is -3.30. The second kappa shape index (κ2) is 10.1. The Labute approximate surface area is 180 Å². The Morgan fingerprint density at radius 3 is 2.45 bits per heavy atom. The largest absolute Gasteiger partial charge is 0.493 e. The number of fused-ring (bicyclic) bond motifs is 1. The molecule has 0 spiro atoms. The number of nitrogens with zero attached hydrogens (tertiary/aromatic N) is 3. The van der Waals surface area contributed by atoms with Gasteiger partial charge in [0.2, 0.25) is 5.91 Å². The molecule has 1 aromatic carbocycles. The Bertz CT molecular complexity index is 997. The smallest absolute Gasteiger partial charge is 0.409 e. The minimum atomic E-state index is -0.338. The highest BCUT2D eigenvalue weighted by Gasteiger charge is 2.24. The Morgan fingerprint density at radius 2 is 1.81 bits per heavy atom. The number of aryl methyl sites for hydroxylation is 1. The number of aromatic nitrogens is 2. The van der Waals surface area contributed by atoms with E-state index in [-0.39, 0.29) is 23.6 Å². The first kappa shape index (κ1) is 22.4. The summed E-state index contributed by atoms with van der Waals surface area (Å²) in [5.41, 5.74) is 0.330. The number of likely N-dealkylation sites (tertiary alicyclic amines) is 1. The molecule has 10 nitrogen and oxygen atoms in total. The summed E-state index contributed by atoms with van der Waals surface area (Å²) in [7, 11) is 4.40. The van der Waals surface area contributed by atoms with Crippen molar-refractivity contribution < 1.29 is 23.8 Å². The number of carbonyl (C=O) groups is 2. The molecular formula is C21H28N4O6. The third-order valence-electron chi connectivity index (χ3n) is 5.43. The first-order valence-electron chi connectivity index (χ1n) is 10.2. The van der Waals surface area contributed by atoms with Gasteiger partial charge in [0.05, 0.1) is 38.6 Å². The molecule has 1 fully saturated rings. The maximum absolute atomic E-state index is 12.8. The van der Waals surface area contributed by atoms with Crippen LogP contribution in [0.2, 0.25) is 0 Å². The lowest BCUT2D eigenvalue weighted by atomic mass is 10.1. The van der Waals surface area contributed by atoms with Crippen LogP contribution in [-0.4, -0.2) is 66.9 Å². The normalized spacial score (nSPS) is 14.4. The molecule has 10 heteroatoms. The van der Waals surface area contributed by atoms with Gasteiger partial charge in [0.25, 0.3) is 5.56 Å². The summed E-state index contributed by atoms with van der Waals surface area (Å²) >= 11 is 0. The predicted molar refractivity (Wildman–Crippen MR) is 113 cm³/mol. The molecule has 1 aliphatic heterocycles. The highest BCUT2D eigenvalue weighted by molar-refractivity contribution is 5.81. The van der Waals surface area contributed by atoms with Crippen LogP contribution in [0, 0.1) is 0 Å². The fourth-order valence-corrected chi connectivity index (χ4v) is 3.69. The van der Waals surface area contributed by atoms with E-state index >= 15 is 0 Å². The number of methoxy groups -OCH3 is 3. The molecule has 168 valence electrons. The van der Waals surface area contributed by atoms with E-state index < -0.39 is 0 Å². The Balaban J connectivity index is 1.53. The van der Waals surface area contributed by atoms with E-state index in [0.29, 0.717) is 67.7 Å². The molecule has 1 aliphatic rings. The zero-order valence-corrected chi connectivity index (χ0v) is 18.1. The zero-order chi connectivity index (χ0) is 22.4. The summed E-state index contributed by atoms with van der Waals surface area (Å²) in [6.45, 7) is 1.50. The molecule has 1 N–H and O–H groups in total. The summed E-state index contributed by atoms with van der Waals surface area (Å²) in [6.07, 6.45) is 3.34. The van der Waals surface area contributed by atoms with Crippen molar-refractivity contribution in [3.05, 3.63) is 28.8 Å². The third kappa shape index (κ3) is 5.25. The fourth-order valence-electron chi connectivity index (χ4n) is 3.69. The molecular weight excluding hydrogens is 404 g/mol. The van der Waals surface area contributed by atoms with Crippen molar-refractivity contribution >= 4 is 22.9 Å². The van der Waals surface area contributed by atoms with Gasteiger partial charge in [-0.25, -0.2) is 9.78 Å². The molecule has 0 saturated carbocycles. The number of nitrogens with one attached hydrogen (secondary N) is 1. The van der Waals surface area contributed by atoms with Gasteiger partial charge in [0.1, 0.15) is 0 Å². The summed E-state index contributed by atoms with van der Waals surface area (Å²) in [6, 6.07) is 3.33. The minimum Gasteiger partial charge on any atom is -0.493 e. The third-order valence-corrected chi connectivity index (χ3v) is 5.43. The summed E-state index contributed by atoms with van der Waals surface area (Å²) in [5, 5.41) is 3.44. The zero-order valence-electron chi connectivity index (χ0n) is 18.1. The van der Waals surface area contributed by atoms with E-state index in [1.165, 1.54) is 32.2 Å². The van der Waals surface area contributed by atoms with Crippen molar-refractivity contribution in [2.75, 3.05) is 34.4 Å². The maximum Gasteiger partial charge on any atom is 0.409 e. The molecule has 2 heterocycles. The van der Waals surface area contributed by atoms with Crippen LogP contribution in [0.15, 0.2) is 23.3 Å². The number of benzene rings is 1. The van der Waals surface area contributed by atoms with Crippen molar-refractivity contribution in [3.8, 4) is 11.5 Å². The second-order valence-electron chi connectivity index (χ2n) is 7.37. The van der Waals surface area contributed by atoms with Crippen LogP contribution < -0.4 is 20.3 Å². The number of rotatable bonds is 7. The topological polar surface area (TPSA) is 112 Å². The Morgan fingerprint density at radius 1 is 1.13 bits per heavy atom. The molecule has 31 heavy (non-hydrogen) atoms. The van der Waals surface area contributed by atoms with Crippen molar-refractivity contribution in [1.82, 2.24) is 19.8 Å². The van der Waals surface area contributed by atoms with Gasteiger partial charge in [-0.05, 0) is 25.3 Å². The van der Waals surface area contributed by atoms with Crippen LogP contribution in [0.3, 0.4) is 0 Å². The van der Waals surface area contributed by atoms with Crippen LogP contribution in [0.4, 0.5) is 4.79 Å². The van der Waals surface area contributed by atoms with Gasteiger partial charge in [-0.2, -0.15) is 0 Å². The number of piperidine rings is 1. The molecule has 0 aliphatic carbocycles. The quantitative estimate of drug-likeness (QED) is 0.706. The summed E-state index contributed by atoms with van der Waals surface area (Å²) in [4.78, 5) is 42.5. The van der Waals surface area contributed by atoms with E-state index in [4.69, 9.17) is 14.2 Å². The lowest BCUT2D eigenvalue weighted by Crippen LogP contribution is -2.46. The van der Waals surface area contributed by atoms with Crippen molar-refractivity contribution in [1.29, 1.82) is 0 Å². The van der Waals surface area contributed by atoms with Crippen LogP contribution in [0.1, 0.15) is 25.7 Å². The number of ether oxygens (including phenoxy) is 3.